The molecule has 0 spiro atoms. The van der Waals surface area contributed by atoms with Crippen LogP contribution in [0.3, 0.4) is 0 Å². The highest BCUT2D eigenvalue weighted by Crippen LogP contribution is 2.20. The Morgan fingerprint density at radius 1 is 1.33 bits per heavy atom. The van der Waals surface area contributed by atoms with Crippen LogP contribution in [0, 0.1) is 5.82 Å². The molecule has 2 nitrogen and oxygen atoms in total. The maximum absolute atomic E-state index is 13.4. The Labute approximate surface area is 94.2 Å². The van der Waals surface area contributed by atoms with E-state index in [1.165, 1.54) is 6.07 Å². The van der Waals surface area contributed by atoms with Gasteiger partial charge in [0.15, 0.2) is 0 Å². The zero-order valence-electron chi connectivity index (χ0n) is 8.35. The summed E-state index contributed by atoms with van der Waals surface area (Å²) in [5.41, 5.74) is 0.555. The van der Waals surface area contributed by atoms with Crippen molar-refractivity contribution in [2.45, 2.75) is 13.5 Å². The quantitative estimate of drug-likeness (QED) is 0.769. The first-order valence-corrected chi connectivity index (χ1v) is 4.59. The molecule has 1 heterocycles. The molecule has 0 saturated carbocycles. The lowest BCUT2D eigenvalue weighted by molar-refractivity contribution is 0.627. The van der Waals surface area contributed by atoms with E-state index in [-0.39, 0.29) is 18.2 Å². The molecule has 15 heavy (non-hydrogen) atoms. The maximum atomic E-state index is 13.4. The van der Waals surface area contributed by atoms with E-state index in [9.17, 15) is 4.39 Å². The summed E-state index contributed by atoms with van der Waals surface area (Å²) in [5, 5.41) is 0. The summed E-state index contributed by atoms with van der Waals surface area (Å²) in [7, 11) is 0. The van der Waals surface area contributed by atoms with Gasteiger partial charge in [-0.3, -0.25) is 0 Å². The number of imidazole rings is 1. The second kappa shape index (κ2) is 4.94. The number of hydrogen-bond donors (Lipinski definition) is 0. The third-order valence-corrected chi connectivity index (χ3v) is 2.17. The molecule has 0 radical (unpaired) electrons. The van der Waals surface area contributed by atoms with Gasteiger partial charge in [0.2, 0.25) is 0 Å². The molecule has 2 rings (SSSR count). The summed E-state index contributed by atoms with van der Waals surface area (Å²) < 4.78 is 15.3. The molecule has 2 aromatic rings. The highest BCUT2D eigenvalue weighted by molar-refractivity contribution is 5.85. The van der Waals surface area contributed by atoms with E-state index < -0.39 is 0 Å². The zero-order chi connectivity index (χ0) is 9.97. The van der Waals surface area contributed by atoms with Crippen LogP contribution in [0.15, 0.2) is 36.7 Å². The van der Waals surface area contributed by atoms with Crippen LogP contribution in [0.4, 0.5) is 4.39 Å². The van der Waals surface area contributed by atoms with Crippen molar-refractivity contribution >= 4 is 12.4 Å². The summed E-state index contributed by atoms with van der Waals surface area (Å²) in [4.78, 5) is 4.14. The third-order valence-electron chi connectivity index (χ3n) is 2.17. The van der Waals surface area contributed by atoms with Crippen LogP contribution in [-0.4, -0.2) is 9.55 Å². The standard InChI is InChI=1S/C11H11FN2.ClH/c1-2-14-8-7-13-11(14)9-5-3-4-6-10(9)12;/h3-8H,2H2,1H3;1H. The van der Waals surface area contributed by atoms with Crippen molar-refractivity contribution in [1.82, 2.24) is 9.55 Å². The van der Waals surface area contributed by atoms with Crippen molar-refractivity contribution in [3.05, 3.63) is 42.5 Å². The smallest absolute Gasteiger partial charge is 0.142 e. The van der Waals surface area contributed by atoms with E-state index >= 15 is 0 Å². The number of benzene rings is 1. The number of nitrogens with zero attached hydrogens (tertiary/aromatic N) is 2. The molecule has 0 bridgehead atoms. The van der Waals surface area contributed by atoms with Gasteiger partial charge in [0.25, 0.3) is 0 Å². The number of aromatic nitrogens is 2. The molecule has 80 valence electrons. The lowest BCUT2D eigenvalue weighted by Crippen LogP contribution is -1.97. The van der Waals surface area contributed by atoms with Gasteiger partial charge >= 0.3 is 0 Å². The van der Waals surface area contributed by atoms with Crippen molar-refractivity contribution in [3.8, 4) is 11.4 Å². The minimum absolute atomic E-state index is 0. The first-order valence-electron chi connectivity index (χ1n) is 4.59. The predicted molar refractivity (Wildman–Crippen MR) is 60.5 cm³/mol. The SMILES string of the molecule is CCn1ccnc1-c1ccccc1F.Cl. The Morgan fingerprint density at radius 2 is 2.07 bits per heavy atom. The Hall–Kier alpha value is -1.35. The van der Waals surface area contributed by atoms with Crippen molar-refractivity contribution in [3.63, 3.8) is 0 Å². The largest absolute Gasteiger partial charge is 0.331 e. The van der Waals surface area contributed by atoms with E-state index in [0.717, 1.165) is 6.54 Å². The summed E-state index contributed by atoms with van der Waals surface area (Å²) >= 11 is 0. The number of aryl methyl sites for hydroxylation is 1. The molecule has 0 aliphatic rings. The zero-order valence-corrected chi connectivity index (χ0v) is 9.17. The fourth-order valence-corrected chi connectivity index (χ4v) is 1.45. The lowest BCUT2D eigenvalue weighted by atomic mass is 10.2. The van der Waals surface area contributed by atoms with Crippen molar-refractivity contribution in [1.29, 1.82) is 0 Å². The molecule has 0 aliphatic heterocycles. The fourth-order valence-electron chi connectivity index (χ4n) is 1.45. The average molecular weight is 227 g/mol. The van der Waals surface area contributed by atoms with Crippen LogP contribution < -0.4 is 0 Å². The van der Waals surface area contributed by atoms with Crippen LogP contribution in [0.5, 0.6) is 0 Å². The summed E-state index contributed by atoms with van der Waals surface area (Å²) in [6.07, 6.45) is 3.53. The summed E-state index contributed by atoms with van der Waals surface area (Å²) in [6, 6.07) is 6.68. The van der Waals surface area contributed by atoms with Crippen LogP contribution in [-0.2, 0) is 6.54 Å². The van der Waals surface area contributed by atoms with Crippen LogP contribution in [0.25, 0.3) is 11.4 Å². The highest BCUT2D eigenvalue weighted by atomic mass is 35.5. The topological polar surface area (TPSA) is 17.8 Å². The first kappa shape index (κ1) is 11.7. The first-order chi connectivity index (χ1) is 6.83. The molecular weight excluding hydrogens is 215 g/mol. The minimum atomic E-state index is -0.228. The molecule has 1 aromatic carbocycles. The Bertz CT molecular complexity index is 440. The van der Waals surface area contributed by atoms with E-state index in [4.69, 9.17) is 0 Å². The van der Waals surface area contributed by atoms with E-state index in [0.29, 0.717) is 11.4 Å². The van der Waals surface area contributed by atoms with Gasteiger partial charge in [-0.05, 0) is 19.1 Å². The number of rotatable bonds is 2. The van der Waals surface area contributed by atoms with Gasteiger partial charge in [-0.25, -0.2) is 9.37 Å². The van der Waals surface area contributed by atoms with Gasteiger partial charge in [-0.1, -0.05) is 12.1 Å². The summed E-state index contributed by atoms with van der Waals surface area (Å²) in [5.74, 6) is 0.457. The molecule has 0 unspecified atom stereocenters. The van der Waals surface area contributed by atoms with Crippen molar-refractivity contribution in [2.75, 3.05) is 0 Å². The molecule has 0 saturated heterocycles. The van der Waals surface area contributed by atoms with Crippen LogP contribution in [0.2, 0.25) is 0 Å². The second-order valence-corrected chi connectivity index (χ2v) is 3.02. The van der Waals surface area contributed by atoms with Crippen LogP contribution >= 0.6 is 12.4 Å². The normalized spacial score (nSPS) is 9.73. The third kappa shape index (κ3) is 2.18. The Morgan fingerprint density at radius 3 is 2.73 bits per heavy atom. The van der Waals surface area contributed by atoms with Gasteiger partial charge < -0.3 is 4.57 Å². The van der Waals surface area contributed by atoms with Gasteiger partial charge in [0.1, 0.15) is 11.6 Å². The fraction of sp³-hybridized carbons (Fsp3) is 0.182. The van der Waals surface area contributed by atoms with E-state index in [2.05, 4.69) is 4.98 Å². The van der Waals surface area contributed by atoms with Gasteiger partial charge in [0, 0.05) is 18.9 Å². The summed E-state index contributed by atoms with van der Waals surface area (Å²) in [6.45, 7) is 2.80. The predicted octanol–water partition coefficient (Wildman–Crippen LogP) is 3.13. The second-order valence-electron chi connectivity index (χ2n) is 3.02. The molecule has 0 N–H and O–H groups in total. The molecule has 1 aromatic heterocycles. The molecule has 0 aliphatic carbocycles. The van der Waals surface area contributed by atoms with Crippen molar-refractivity contribution in [2.24, 2.45) is 0 Å². The van der Waals surface area contributed by atoms with Gasteiger partial charge in [-0.15, -0.1) is 12.4 Å². The molecule has 0 atom stereocenters. The maximum Gasteiger partial charge on any atom is 0.142 e. The van der Waals surface area contributed by atoms with Crippen LogP contribution in [0.1, 0.15) is 6.92 Å². The number of halogens is 2. The number of hydrogen-bond acceptors (Lipinski definition) is 1. The molecule has 4 heteroatoms. The molecule has 0 amide bonds. The van der Waals surface area contributed by atoms with Crippen molar-refractivity contribution < 1.29 is 4.39 Å². The molecule has 0 fully saturated rings. The van der Waals surface area contributed by atoms with E-state index in [1.54, 1.807) is 18.3 Å². The van der Waals surface area contributed by atoms with Gasteiger partial charge in [0.05, 0.1) is 5.56 Å². The Balaban J connectivity index is 0.00000112. The monoisotopic (exact) mass is 226 g/mol. The Kier molecular flexibility index (Phi) is 3.86. The average Bonchev–Trinajstić information content (AvgIpc) is 2.66. The van der Waals surface area contributed by atoms with E-state index in [1.807, 2.05) is 23.8 Å². The highest BCUT2D eigenvalue weighted by Gasteiger charge is 2.08. The van der Waals surface area contributed by atoms with Gasteiger partial charge in [-0.2, -0.15) is 0 Å². The lowest BCUT2D eigenvalue weighted by Gasteiger charge is -2.04. The molecular formula is C11H12ClFN2. The minimum Gasteiger partial charge on any atom is -0.331 e.